The van der Waals surface area contributed by atoms with E-state index in [2.05, 4.69) is 13.8 Å². The molecule has 0 aromatic rings. The fourth-order valence-corrected chi connectivity index (χ4v) is 8.23. The van der Waals surface area contributed by atoms with Crippen LogP contribution in [0.5, 0.6) is 0 Å². The number of Topliss-reactive ketones (excluding diaryl/α,β-unsaturated/α-hetero) is 2. The molecule has 6 aliphatic rings. The van der Waals surface area contributed by atoms with Crippen LogP contribution >= 0.6 is 0 Å². The van der Waals surface area contributed by atoms with Crippen LogP contribution in [-0.4, -0.2) is 30.1 Å². The summed E-state index contributed by atoms with van der Waals surface area (Å²) in [5.74, 6) is 0.861. The molecule has 4 nitrogen and oxygen atoms in total. The summed E-state index contributed by atoms with van der Waals surface area (Å²) in [6.45, 7) is 11.4. The van der Waals surface area contributed by atoms with Crippen LogP contribution in [0.15, 0.2) is 0 Å². The Morgan fingerprint density at radius 3 is 2.26 bits per heavy atom. The third kappa shape index (κ3) is 2.02. The van der Waals surface area contributed by atoms with Crippen molar-refractivity contribution in [2.75, 3.05) is 6.61 Å². The number of ketones is 2. The Kier molecular flexibility index (Phi) is 3.42. The Balaban J connectivity index is 1.57. The molecular weight excluding hydrogens is 340 g/mol. The molecule has 1 saturated heterocycles. The smallest absolute Gasteiger partial charge is 0.163 e. The van der Waals surface area contributed by atoms with E-state index < -0.39 is 11.2 Å². The van der Waals surface area contributed by atoms with Crippen LogP contribution in [-0.2, 0) is 19.1 Å². The van der Waals surface area contributed by atoms with Crippen LogP contribution in [0.3, 0.4) is 0 Å². The summed E-state index contributed by atoms with van der Waals surface area (Å²) in [5.41, 5.74) is -0.852. The fourth-order valence-electron chi connectivity index (χ4n) is 8.23. The zero-order valence-corrected chi connectivity index (χ0v) is 17.5. The van der Waals surface area contributed by atoms with E-state index in [1.54, 1.807) is 0 Å². The van der Waals surface area contributed by atoms with Crippen LogP contribution in [0, 0.1) is 33.5 Å². The van der Waals surface area contributed by atoms with E-state index in [-0.39, 0.29) is 33.9 Å². The molecule has 150 valence electrons. The van der Waals surface area contributed by atoms with Crippen LogP contribution in [0.4, 0.5) is 0 Å². The molecule has 4 heteroatoms. The maximum Gasteiger partial charge on any atom is 0.163 e. The van der Waals surface area contributed by atoms with Crippen LogP contribution in [0.25, 0.3) is 0 Å². The zero-order valence-electron chi connectivity index (χ0n) is 17.5. The van der Waals surface area contributed by atoms with Crippen molar-refractivity contribution in [1.82, 2.24) is 0 Å². The number of carbonyl (C=O) groups excluding carboxylic acids is 2. The highest BCUT2D eigenvalue weighted by Crippen LogP contribution is 2.74. The second-order valence-electron chi connectivity index (χ2n) is 11.5. The van der Waals surface area contributed by atoms with E-state index in [1.807, 2.05) is 20.8 Å². The summed E-state index contributed by atoms with van der Waals surface area (Å²) in [6, 6.07) is 0. The summed E-state index contributed by atoms with van der Waals surface area (Å²) in [7, 11) is 0. The molecule has 5 aliphatic carbocycles. The number of rotatable bonds is 0. The molecule has 5 atom stereocenters. The maximum absolute atomic E-state index is 13.0. The normalized spacial score (nSPS) is 56.3. The molecule has 6 fully saturated rings. The second kappa shape index (κ2) is 5.05. The van der Waals surface area contributed by atoms with Gasteiger partial charge in [-0.05, 0) is 75.5 Å². The Morgan fingerprint density at radius 2 is 1.59 bits per heavy atom. The zero-order chi connectivity index (χ0) is 19.5. The van der Waals surface area contributed by atoms with Gasteiger partial charge in [0, 0.05) is 18.3 Å². The molecule has 27 heavy (non-hydrogen) atoms. The molecule has 0 aromatic heterocycles. The molecule has 0 aromatic carbocycles. The van der Waals surface area contributed by atoms with E-state index in [4.69, 9.17) is 9.47 Å². The summed E-state index contributed by atoms with van der Waals surface area (Å²) in [4.78, 5) is 26.1. The predicted octanol–water partition coefficient (Wildman–Crippen LogP) is 4.30. The standard InChI is InChI=1S/C23H34O4/c1-19(2)26-13-21(4)15-7-6-14-10-20(3)16(24)11-23(14,12-17(20)25)22(15,5)9-8-18(21)27-19/h14-15,18H,6-13H2,1-5H3/t14-,15-,18+,20?,21-,22-,23?/m0/s1. The Labute approximate surface area is 162 Å². The topological polar surface area (TPSA) is 52.6 Å². The Bertz CT molecular complexity index is 706. The first-order valence-electron chi connectivity index (χ1n) is 10.9. The minimum absolute atomic E-state index is 0.0163. The molecule has 0 radical (unpaired) electrons. The van der Waals surface area contributed by atoms with Gasteiger partial charge in [0.15, 0.2) is 5.79 Å². The van der Waals surface area contributed by atoms with E-state index in [0.29, 0.717) is 31.3 Å². The number of hydrogen-bond donors (Lipinski definition) is 0. The van der Waals surface area contributed by atoms with Gasteiger partial charge in [-0.3, -0.25) is 9.59 Å². The molecule has 1 heterocycles. The van der Waals surface area contributed by atoms with Gasteiger partial charge in [0.1, 0.15) is 11.6 Å². The minimum Gasteiger partial charge on any atom is -0.350 e. The summed E-state index contributed by atoms with van der Waals surface area (Å²) in [6.07, 6.45) is 6.58. The lowest BCUT2D eigenvalue weighted by Crippen LogP contribution is -2.71. The van der Waals surface area contributed by atoms with Crippen molar-refractivity contribution in [1.29, 1.82) is 0 Å². The highest BCUT2D eigenvalue weighted by Gasteiger charge is 2.73. The van der Waals surface area contributed by atoms with E-state index in [9.17, 15) is 9.59 Å². The first kappa shape index (κ1) is 18.3. The van der Waals surface area contributed by atoms with Crippen molar-refractivity contribution >= 4 is 11.6 Å². The van der Waals surface area contributed by atoms with Crippen molar-refractivity contribution in [3.05, 3.63) is 0 Å². The van der Waals surface area contributed by atoms with Crippen molar-refractivity contribution in [2.24, 2.45) is 33.5 Å². The van der Waals surface area contributed by atoms with Crippen LogP contribution in [0.2, 0.25) is 0 Å². The van der Waals surface area contributed by atoms with Gasteiger partial charge in [-0.25, -0.2) is 0 Å². The second-order valence-corrected chi connectivity index (χ2v) is 11.5. The molecule has 0 amide bonds. The monoisotopic (exact) mass is 374 g/mol. The van der Waals surface area contributed by atoms with Crippen molar-refractivity contribution in [3.8, 4) is 0 Å². The number of hydrogen-bond acceptors (Lipinski definition) is 4. The third-order valence-corrected chi connectivity index (χ3v) is 9.94. The lowest BCUT2D eigenvalue weighted by molar-refractivity contribution is -0.353. The van der Waals surface area contributed by atoms with Crippen LogP contribution in [0.1, 0.15) is 79.6 Å². The first-order chi connectivity index (χ1) is 12.5. The highest BCUT2D eigenvalue weighted by atomic mass is 16.7. The Morgan fingerprint density at radius 1 is 0.926 bits per heavy atom. The molecule has 0 N–H and O–H groups in total. The van der Waals surface area contributed by atoms with Crippen molar-refractivity contribution in [2.45, 2.75) is 91.5 Å². The van der Waals surface area contributed by atoms with E-state index in [1.165, 1.54) is 6.42 Å². The minimum atomic E-state index is -0.697. The number of ether oxygens (including phenoxy) is 2. The quantitative estimate of drug-likeness (QED) is 0.593. The fraction of sp³-hybridized carbons (Fsp3) is 0.913. The predicted molar refractivity (Wildman–Crippen MR) is 101 cm³/mol. The molecule has 0 unspecified atom stereocenters. The van der Waals surface area contributed by atoms with E-state index in [0.717, 1.165) is 25.7 Å². The highest BCUT2D eigenvalue weighted by molar-refractivity contribution is 6.10. The van der Waals surface area contributed by atoms with Gasteiger partial charge >= 0.3 is 0 Å². The average molecular weight is 375 g/mol. The lowest BCUT2D eigenvalue weighted by Gasteiger charge is -2.72. The van der Waals surface area contributed by atoms with Gasteiger partial charge in [0.2, 0.25) is 0 Å². The molecule has 6 rings (SSSR count). The molecule has 2 bridgehead atoms. The van der Waals surface area contributed by atoms with Gasteiger partial charge in [-0.2, -0.15) is 0 Å². The lowest BCUT2D eigenvalue weighted by atomic mass is 9.32. The van der Waals surface area contributed by atoms with Gasteiger partial charge in [0.05, 0.1) is 18.1 Å². The molecule has 1 spiro atoms. The van der Waals surface area contributed by atoms with Gasteiger partial charge < -0.3 is 9.47 Å². The summed E-state index contributed by atoms with van der Waals surface area (Å²) in [5, 5.41) is 0. The maximum atomic E-state index is 13.0. The van der Waals surface area contributed by atoms with Crippen molar-refractivity contribution < 1.29 is 19.1 Å². The SMILES string of the molecule is CC1(C)OC[C@]2(C)[C@@H](CC[C@@]3(C)[C@H]2CC[C@H]2CC4(C)C(=O)CC23CC4=O)O1. The third-order valence-electron chi connectivity index (χ3n) is 9.94. The Hall–Kier alpha value is -0.740. The molecule has 5 saturated carbocycles. The van der Waals surface area contributed by atoms with Crippen molar-refractivity contribution in [3.63, 3.8) is 0 Å². The van der Waals surface area contributed by atoms with Gasteiger partial charge in [-0.15, -0.1) is 0 Å². The number of fused-ring (bicyclic) bond motifs is 5. The van der Waals surface area contributed by atoms with Gasteiger partial charge in [0.25, 0.3) is 0 Å². The first-order valence-corrected chi connectivity index (χ1v) is 10.9. The van der Waals surface area contributed by atoms with E-state index >= 15 is 0 Å². The number of carbonyl (C=O) groups is 2. The average Bonchev–Trinajstić information content (AvgIpc) is 2.57. The summed E-state index contributed by atoms with van der Waals surface area (Å²) >= 11 is 0. The molecule has 1 aliphatic heterocycles. The largest absolute Gasteiger partial charge is 0.350 e. The molecular formula is C23H34O4. The van der Waals surface area contributed by atoms with Gasteiger partial charge in [-0.1, -0.05) is 13.8 Å². The van der Waals surface area contributed by atoms with Crippen LogP contribution < -0.4 is 0 Å². The summed E-state index contributed by atoms with van der Waals surface area (Å²) < 4.78 is 12.5.